The van der Waals surface area contributed by atoms with Crippen LogP contribution in [0.15, 0.2) is 0 Å². The summed E-state index contributed by atoms with van der Waals surface area (Å²) < 4.78 is 11.4. The second-order valence-corrected chi connectivity index (χ2v) is 18.4. The molecule has 374 valence electrons. The zero-order chi connectivity index (χ0) is 46.9. The quantitative estimate of drug-likeness (QED) is 0.0268. The molecule has 0 bridgehead atoms. The van der Waals surface area contributed by atoms with Crippen LogP contribution in [0, 0.1) is 0 Å². The van der Waals surface area contributed by atoms with E-state index in [4.69, 9.17) is 9.47 Å². The van der Waals surface area contributed by atoms with E-state index in [2.05, 4.69) is 43.2 Å². The minimum absolute atomic E-state index is 0.0355. The molecule has 0 aliphatic heterocycles. The number of esters is 1. The number of amides is 2. The monoisotopic (exact) mass is 895 g/mol. The lowest BCUT2D eigenvalue weighted by atomic mass is 10.0. The van der Waals surface area contributed by atoms with Gasteiger partial charge in [-0.1, -0.05) is 175 Å². The predicted octanol–water partition coefficient (Wildman–Crippen LogP) is 12.9. The molecule has 10 nitrogen and oxygen atoms in total. The summed E-state index contributed by atoms with van der Waals surface area (Å²) in [6.45, 7) is 12.6. The first kappa shape index (κ1) is 63.0. The molecule has 0 spiro atoms. The maximum absolute atomic E-state index is 12.3. The number of likely N-dealkylation sites (N-methyl/N-ethyl adjacent to an activating group) is 1. The highest BCUT2D eigenvalue weighted by atomic mass is 16.5. The molecule has 0 aromatic rings. The Kier molecular flexibility index (Phi) is 51.0. The average Bonchev–Trinajstić information content (AvgIpc) is 3.28. The molecule has 0 saturated carbocycles. The molecule has 2 N–H and O–H groups in total. The summed E-state index contributed by atoms with van der Waals surface area (Å²) in [5, 5.41) is 5.72. The summed E-state index contributed by atoms with van der Waals surface area (Å²) in [4.78, 5) is 50.0. The fraction of sp³-hybridized carbons (Fsp3) is 0.925. The average molecular weight is 895 g/mol. The Morgan fingerprint density at radius 1 is 0.540 bits per heavy atom. The van der Waals surface area contributed by atoms with Gasteiger partial charge < -0.3 is 29.4 Å². The van der Waals surface area contributed by atoms with E-state index in [1.54, 1.807) is 14.1 Å². The number of hydrogen-bond donors (Lipinski definition) is 2. The van der Waals surface area contributed by atoms with Crippen molar-refractivity contribution in [1.29, 1.82) is 0 Å². The number of rotatable bonds is 48. The molecule has 0 radical (unpaired) electrons. The van der Waals surface area contributed by atoms with Crippen molar-refractivity contribution in [1.82, 2.24) is 20.4 Å². The molecule has 0 aromatic carbocycles. The largest absolute Gasteiger partial charge is 0.462 e. The number of unbranched alkanes of at least 4 members (excludes halogenated alkanes) is 24. The van der Waals surface area contributed by atoms with Crippen molar-refractivity contribution < 1.29 is 28.7 Å². The van der Waals surface area contributed by atoms with Crippen molar-refractivity contribution in [2.45, 2.75) is 271 Å². The molecule has 0 saturated heterocycles. The molecule has 0 aliphatic carbocycles. The van der Waals surface area contributed by atoms with Gasteiger partial charge in [-0.15, -0.1) is 0 Å². The molecule has 2 unspecified atom stereocenters. The number of nitrogens with one attached hydrogen (secondary N) is 2. The second kappa shape index (κ2) is 51.0. The smallest absolute Gasteiger partial charge is 0.306 e. The Morgan fingerprint density at radius 2 is 0.968 bits per heavy atom. The highest BCUT2D eigenvalue weighted by molar-refractivity contribution is 5.82. The fourth-order valence-corrected chi connectivity index (χ4v) is 8.08. The third-order valence-corrected chi connectivity index (χ3v) is 12.3. The molecule has 63 heavy (non-hydrogen) atoms. The van der Waals surface area contributed by atoms with E-state index in [0.717, 1.165) is 109 Å². The molecule has 2 atom stereocenters. The lowest BCUT2D eigenvalue weighted by Gasteiger charge is -2.24. The van der Waals surface area contributed by atoms with Gasteiger partial charge in [0.1, 0.15) is 12.4 Å². The number of carbonyl (C=O) groups is 4. The number of methoxy groups -OCH3 is 1. The lowest BCUT2D eigenvalue weighted by molar-refractivity contribution is -0.149. The number of aldehydes is 1. The lowest BCUT2D eigenvalue weighted by Crippen LogP contribution is -2.52. The van der Waals surface area contributed by atoms with Crippen LogP contribution in [0.5, 0.6) is 0 Å². The topological polar surface area (TPSA) is 117 Å². The Bertz CT molecular complexity index is 969. The molecule has 0 rings (SSSR count). The van der Waals surface area contributed by atoms with Crippen LogP contribution < -0.4 is 10.6 Å². The molecule has 0 fully saturated rings. The van der Waals surface area contributed by atoms with Gasteiger partial charge in [0.05, 0.1) is 6.10 Å². The van der Waals surface area contributed by atoms with Crippen molar-refractivity contribution in [3.05, 3.63) is 0 Å². The van der Waals surface area contributed by atoms with Crippen molar-refractivity contribution in [2.24, 2.45) is 0 Å². The van der Waals surface area contributed by atoms with Gasteiger partial charge in [-0.3, -0.25) is 19.7 Å². The number of hydrogen-bond acceptors (Lipinski definition) is 8. The highest BCUT2D eigenvalue weighted by Crippen LogP contribution is 2.17. The van der Waals surface area contributed by atoms with E-state index < -0.39 is 6.17 Å². The zero-order valence-electron chi connectivity index (χ0n) is 42.8. The Balaban J connectivity index is 0. The first-order valence-electron chi connectivity index (χ1n) is 26.8. The van der Waals surface area contributed by atoms with Crippen LogP contribution in [0.2, 0.25) is 0 Å². The van der Waals surface area contributed by atoms with Gasteiger partial charge in [-0.25, -0.2) is 0 Å². The molecular weight excluding hydrogens is 789 g/mol. The third kappa shape index (κ3) is 44.9. The summed E-state index contributed by atoms with van der Waals surface area (Å²) in [6.07, 6.45) is 43.2. The summed E-state index contributed by atoms with van der Waals surface area (Å²) in [5.74, 6) is -0.207. The molecule has 0 aliphatic rings. The van der Waals surface area contributed by atoms with E-state index >= 15 is 0 Å². The maximum atomic E-state index is 12.3. The summed E-state index contributed by atoms with van der Waals surface area (Å²) >= 11 is 0. The number of carbonyl (C=O) groups excluding carboxylic acids is 4. The van der Waals surface area contributed by atoms with Crippen molar-refractivity contribution in [3.8, 4) is 0 Å². The molecule has 0 aromatic heterocycles. The normalized spacial score (nSPS) is 12.2. The van der Waals surface area contributed by atoms with Crippen molar-refractivity contribution in [2.75, 3.05) is 47.4 Å². The molecular formula is C53H106N4O6. The SMILES string of the molecule is CCCCCCCCC(CC)OC(=O)CCCCCCCN(CCCCCCCC=O)CCCNC(NC=O)C(=O)N(C)C.CCCCCCCCC(CCCCCCCC)OC. The summed E-state index contributed by atoms with van der Waals surface area (Å²) in [7, 11) is 5.24. The van der Waals surface area contributed by atoms with Crippen LogP contribution in [0.4, 0.5) is 0 Å². The van der Waals surface area contributed by atoms with Crippen LogP contribution in [0.25, 0.3) is 0 Å². The first-order valence-corrected chi connectivity index (χ1v) is 26.8. The van der Waals surface area contributed by atoms with E-state index in [1.165, 1.54) is 133 Å². The van der Waals surface area contributed by atoms with Gasteiger partial charge in [-0.05, 0) is 90.4 Å². The van der Waals surface area contributed by atoms with E-state index in [-0.39, 0.29) is 18.0 Å². The van der Waals surface area contributed by atoms with Gasteiger partial charge in [0.15, 0.2) is 6.17 Å². The van der Waals surface area contributed by atoms with E-state index in [9.17, 15) is 19.2 Å². The Morgan fingerprint density at radius 3 is 1.41 bits per heavy atom. The van der Waals surface area contributed by atoms with Gasteiger partial charge in [0.2, 0.25) is 6.41 Å². The predicted molar refractivity (Wildman–Crippen MR) is 267 cm³/mol. The fourth-order valence-electron chi connectivity index (χ4n) is 8.08. The van der Waals surface area contributed by atoms with Crippen molar-refractivity contribution >= 4 is 24.6 Å². The Hall–Kier alpha value is -2.04. The standard InChI is InChI=1S/C35H68N4O5.C18H38O/c1-5-7-8-9-13-18-24-32(6-2)44-33(42)25-19-14-12-16-21-28-39(27-20-15-10-11-17-22-30-40)29-23-26-36-34(37-31-41)35(43)38(3)4;1-4-6-8-10-12-14-16-18(19-3)17-15-13-11-9-7-5-2/h30-32,34,36H,5-29H2,1-4H3,(H,37,41);18H,4-17H2,1-3H3. The van der Waals surface area contributed by atoms with Crippen LogP contribution in [0.1, 0.15) is 252 Å². The van der Waals surface area contributed by atoms with Gasteiger partial charge in [-0.2, -0.15) is 0 Å². The second-order valence-electron chi connectivity index (χ2n) is 18.4. The van der Waals surface area contributed by atoms with Gasteiger partial charge in [0, 0.05) is 34.0 Å². The van der Waals surface area contributed by atoms with Gasteiger partial charge in [0.25, 0.3) is 5.91 Å². The van der Waals surface area contributed by atoms with Crippen molar-refractivity contribution in [3.63, 3.8) is 0 Å². The van der Waals surface area contributed by atoms with Crippen LogP contribution in [-0.4, -0.2) is 100 Å². The summed E-state index contributed by atoms with van der Waals surface area (Å²) in [5.41, 5.74) is 0. The van der Waals surface area contributed by atoms with Crippen LogP contribution in [0.3, 0.4) is 0 Å². The Labute approximate surface area is 390 Å². The van der Waals surface area contributed by atoms with Crippen LogP contribution >= 0.6 is 0 Å². The molecule has 2 amide bonds. The zero-order valence-corrected chi connectivity index (χ0v) is 42.8. The first-order chi connectivity index (χ1) is 30.7. The maximum Gasteiger partial charge on any atom is 0.306 e. The highest BCUT2D eigenvalue weighted by Gasteiger charge is 2.18. The minimum atomic E-state index is -0.701. The van der Waals surface area contributed by atoms with E-state index in [1.807, 2.05) is 7.11 Å². The number of ether oxygens (including phenoxy) is 2. The van der Waals surface area contributed by atoms with E-state index in [0.29, 0.717) is 31.9 Å². The van der Waals surface area contributed by atoms with Gasteiger partial charge >= 0.3 is 5.97 Å². The number of nitrogens with zero attached hydrogens (tertiary/aromatic N) is 2. The van der Waals surface area contributed by atoms with Crippen LogP contribution in [-0.2, 0) is 28.7 Å². The molecule has 10 heteroatoms. The minimum Gasteiger partial charge on any atom is -0.462 e. The summed E-state index contributed by atoms with van der Waals surface area (Å²) in [6, 6.07) is 0. The molecule has 0 heterocycles. The third-order valence-electron chi connectivity index (χ3n) is 12.3.